The van der Waals surface area contributed by atoms with Crippen LogP contribution < -0.4 is 0 Å². The Bertz CT molecular complexity index is 304. The fraction of sp³-hybridized carbons (Fsp3) is 0.867. The Labute approximate surface area is 112 Å². The number of hydrogen-bond acceptors (Lipinski definition) is 2. The number of nitrogens with zero attached hydrogens (tertiary/aromatic N) is 3. The summed E-state index contributed by atoms with van der Waals surface area (Å²) in [5, 5.41) is 8.44. The van der Waals surface area contributed by atoms with Crippen molar-refractivity contribution in [1.29, 1.82) is 0 Å². The minimum absolute atomic E-state index is 0.784. The molecule has 18 heavy (non-hydrogen) atoms. The van der Waals surface area contributed by atoms with Gasteiger partial charge in [-0.2, -0.15) is 0 Å². The molecule has 1 aromatic rings. The van der Waals surface area contributed by atoms with Crippen molar-refractivity contribution in [2.45, 2.75) is 78.7 Å². The van der Waals surface area contributed by atoms with Gasteiger partial charge in [-0.3, -0.25) is 4.68 Å². The van der Waals surface area contributed by atoms with E-state index in [4.69, 9.17) is 0 Å². The Morgan fingerprint density at radius 1 is 1.11 bits per heavy atom. The number of aryl methyl sites for hydroxylation is 2. The first-order valence-electron chi connectivity index (χ1n) is 7.61. The average molecular weight is 251 g/mol. The lowest BCUT2D eigenvalue weighted by atomic mass is 10.1. The third-order valence-corrected chi connectivity index (χ3v) is 3.29. The topological polar surface area (TPSA) is 30.7 Å². The second-order valence-corrected chi connectivity index (χ2v) is 5.67. The summed E-state index contributed by atoms with van der Waals surface area (Å²) in [4.78, 5) is 0. The molecule has 1 rings (SSSR count). The summed E-state index contributed by atoms with van der Waals surface area (Å²) in [6.07, 6.45) is 12.3. The van der Waals surface area contributed by atoms with Gasteiger partial charge in [0.25, 0.3) is 0 Å². The number of rotatable bonds is 10. The lowest BCUT2D eigenvalue weighted by Crippen LogP contribution is -2.00. The average Bonchev–Trinajstić information content (AvgIpc) is 2.76. The zero-order valence-electron chi connectivity index (χ0n) is 12.4. The standard InChI is InChI=1S/C15H29N3/c1-4-5-6-7-8-11-15-13-18(17-16-15)12-9-10-14(2)3/h13-14H,4-12H2,1-3H3. The van der Waals surface area contributed by atoms with Gasteiger partial charge in [-0.05, 0) is 31.6 Å². The molecule has 3 nitrogen and oxygen atoms in total. The van der Waals surface area contributed by atoms with Crippen LogP contribution in [0.5, 0.6) is 0 Å². The molecule has 0 aliphatic rings. The molecule has 0 saturated carbocycles. The van der Waals surface area contributed by atoms with Gasteiger partial charge in [0.15, 0.2) is 0 Å². The van der Waals surface area contributed by atoms with E-state index in [0.717, 1.165) is 24.6 Å². The third-order valence-electron chi connectivity index (χ3n) is 3.29. The van der Waals surface area contributed by atoms with E-state index in [1.54, 1.807) is 0 Å². The van der Waals surface area contributed by atoms with E-state index < -0.39 is 0 Å². The molecule has 0 radical (unpaired) electrons. The first-order chi connectivity index (χ1) is 8.72. The van der Waals surface area contributed by atoms with Crippen molar-refractivity contribution in [2.24, 2.45) is 5.92 Å². The van der Waals surface area contributed by atoms with Gasteiger partial charge in [-0.1, -0.05) is 51.7 Å². The van der Waals surface area contributed by atoms with Crippen LogP contribution in [0.1, 0.15) is 71.4 Å². The van der Waals surface area contributed by atoms with Crippen molar-refractivity contribution in [3.8, 4) is 0 Å². The summed E-state index contributed by atoms with van der Waals surface area (Å²) in [5.74, 6) is 0.784. The predicted molar refractivity (Wildman–Crippen MR) is 76.6 cm³/mol. The van der Waals surface area contributed by atoms with Crippen molar-refractivity contribution in [1.82, 2.24) is 15.0 Å². The molecule has 0 aliphatic heterocycles. The fourth-order valence-corrected chi connectivity index (χ4v) is 2.13. The smallest absolute Gasteiger partial charge is 0.0827 e. The first-order valence-corrected chi connectivity index (χ1v) is 7.61. The molecular weight excluding hydrogens is 222 g/mol. The summed E-state index contributed by atoms with van der Waals surface area (Å²) < 4.78 is 2.00. The van der Waals surface area contributed by atoms with E-state index in [0.29, 0.717) is 0 Å². The largest absolute Gasteiger partial charge is 0.252 e. The molecule has 0 fully saturated rings. The second-order valence-electron chi connectivity index (χ2n) is 5.67. The zero-order chi connectivity index (χ0) is 13.2. The molecule has 0 amide bonds. The predicted octanol–water partition coefficient (Wildman–Crippen LogP) is 4.23. The van der Waals surface area contributed by atoms with Crippen molar-refractivity contribution in [3.05, 3.63) is 11.9 Å². The normalized spacial score (nSPS) is 11.3. The maximum Gasteiger partial charge on any atom is 0.0827 e. The Morgan fingerprint density at radius 2 is 1.89 bits per heavy atom. The fourth-order valence-electron chi connectivity index (χ4n) is 2.13. The van der Waals surface area contributed by atoms with Gasteiger partial charge in [0.1, 0.15) is 0 Å². The van der Waals surface area contributed by atoms with Gasteiger partial charge in [-0.25, -0.2) is 0 Å². The van der Waals surface area contributed by atoms with Crippen LogP contribution in [0.3, 0.4) is 0 Å². The molecule has 0 saturated heterocycles. The minimum Gasteiger partial charge on any atom is -0.252 e. The summed E-state index contributed by atoms with van der Waals surface area (Å²) in [6.45, 7) is 7.80. The van der Waals surface area contributed by atoms with E-state index in [1.807, 2.05) is 4.68 Å². The van der Waals surface area contributed by atoms with E-state index in [2.05, 4.69) is 37.3 Å². The molecule has 0 atom stereocenters. The molecule has 0 unspecified atom stereocenters. The van der Waals surface area contributed by atoms with Crippen LogP contribution in [0.15, 0.2) is 6.20 Å². The quantitative estimate of drug-likeness (QED) is 0.583. The van der Waals surface area contributed by atoms with Crippen LogP contribution in [0.25, 0.3) is 0 Å². The van der Waals surface area contributed by atoms with Gasteiger partial charge in [0.2, 0.25) is 0 Å². The monoisotopic (exact) mass is 251 g/mol. The summed E-state index contributed by atoms with van der Waals surface area (Å²) in [5.41, 5.74) is 1.16. The Morgan fingerprint density at radius 3 is 2.61 bits per heavy atom. The van der Waals surface area contributed by atoms with Gasteiger partial charge in [0.05, 0.1) is 5.69 Å². The highest BCUT2D eigenvalue weighted by Crippen LogP contribution is 2.08. The highest BCUT2D eigenvalue weighted by Gasteiger charge is 2.01. The minimum atomic E-state index is 0.784. The van der Waals surface area contributed by atoms with Crippen molar-refractivity contribution in [3.63, 3.8) is 0 Å². The molecular formula is C15H29N3. The van der Waals surface area contributed by atoms with Gasteiger partial charge in [0, 0.05) is 12.7 Å². The Kier molecular flexibility index (Phi) is 7.70. The Balaban J connectivity index is 2.13. The number of unbranched alkanes of at least 4 members (excludes halogenated alkanes) is 4. The van der Waals surface area contributed by atoms with Crippen molar-refractivity contribution < 1.29 is 0 Å². The molecule has 0 aromatic carbocycles. The number of hydrogen-bond donors (Lipinski definition) is 0. The lowest BCUT2D eigenvalue weighted by molar-refractivity contribution is 0.482. The van der Waals surface area contributed by atoms with E-state index in [-0.39, 0.29) is 0 Å². The van der Waals surface area contributed by atoms with Gasteiger partial charge < -0.3 is 0 Å². The highest BCUT2D eigenvalue weighted by molar-refractivity contribution is 4.92. The molecule has 104 valence electrons. The highest BCUT2D eigenvalue weighted by atomic mass is 15.4. The number of aromatic nitrogens is 3. The molecule has 0 aliphatic carbocycles. The van der Waals surface area contributed by atoms with Crippen molar-refractivity contribution >= 4 is 0 Å². The summed E-state index contributed by atoms with van der Waals surface area (Å²) >= 11 is 0. The summed E-state index contributed by atoms with van der Waals surface area (Å²) in [6, 6.07) is 0. The van der Waals surface area contributed by atoms with Crippen LogP contribution in [0.2, 0.25) is 0 Å². The molecule has 3 heteroatoms. The van der Waals surface area contributed by atoms with Crippen LogP contribution in [0.4, 0.5) is 0 Å². The maximum absolute atomic E-state index is 4.24. The Hall–Kier alpha value is -0.860. The van der Waals surface area contributed by atoms with Crippen LogP contribution in [-0.2, 0) is 13.0 Å². The van der Waals surface area contributed by atoms with E-state index in [9.17, 15) is 0 Å². The second kappa shape index (κ2) is 9.12. The molecule has 1 aromatic heterocycles. The van der Waals surface area contributed by atoms with Crippen molar-refractivity contribution in [2.75, 3.05) is 0 Å². The van der Waals surface area contributed by atoms with E-state index in [1.165, 1.54) is 44.9 Å². The zero-order valence-corrected chi connectivity index (χ0v) is 12.4. The molecule has 0 bridgehead atoms. The SMILES string of the molecule is CCCCCCCc1cn(CCCC(C)C)nn1. The van der Waals surface area contributed by atoms with Crippen LogP contribution in [-0.4, -0.2) is 15.0 Å². The molecule has 0 N–H and O–H groups in total. The lowest BCUT2D eigenvalue weighted by Gasteiger charge is -2.03. The summed E-state index contributed by atoms with van der Waals surface area (Å²) in [7, 11) is 0. The maximum atomic E-state index is 4.24. The van der Waals surface area contributed by atoms with Gasteiger partial charge >= 0.3 is 0 Å². The molecule has 0 spiro atoms. The third kappa shape index (κ3) is 6.77. The van der Waals surface area contributed by atoms with E-state index >= 15 is 0 Å². The van der Waals surface area contributed by atoms with Crippen LogP contribution >= 0.6 is 0 Å². The molecule has 1 heterocycles. The van der Waals surface area contributed by atoms with Gasteiger partial charge in [-0.15, -0.1) is 5.10 Å². The first kappa shape index (κ1) is 15.2. The van der Waals surface area contributed by atoms with Crippen LogP contribution in [0, 0.1) is 5.92 Å².